The molecule has 2 aromatic carbocycles. The lowest BCUT2D eigenvalue weighted by Crippen LogP contribution is -2.45. The van der Waals surface area contributed by atoms with Crippen molar-refractivity contribution in [1.82, 2.24) is 0 Å². The van der Waals surface area contributed by atoms with E-state index in [2.05, 4.69) is 21.2 Å². The molecule has 110 valence electrons. The first-order valence-corrected chi connectivity index (χ1v) is 7.23. The molecular formula is C16H17BrN2O2. The highest BCUT2D eigenvalue weighted by atomic mass is 79.9. The van der Waals surface area contributed by atoms with E-state index in [1.807, 2.05) is 36.4 Å². The van der Waals surface area contributed by atoms with E-state index < -0.39 is 11.4 Å². The molecule has 3 N–H and O–H groups in total. The molecule has 21 heavy (non-hydrogen) atoms. The van der Waals surface area contributed by atoms with Gasteiger partial charge < -0.3 is 15.8 Å². The van der Waals surface area contributed by atoms with Crippen LogP contribution in [0.5, 0.6) is 5.75 Å². The molecule has 1 atom stereocenters. The molecular weight excluding hydrogens is 332 g/mol. The van der Waals surface area contributed by atoms with E-state index in [4.69, 9.17) is 10.5 Å². The molecule has 0 heterocycles. The zero-order chi connectivity index (χ0) is 15.5. The van der Waals surface area contributed by atoms with E-state index >= 15 is 0 Å². The van der Waals surface area contributed by atoms with Gasteiger partial charge >= 0.3 is 0 Å². The van der Waals surface area contributed by atoms with Gasteiger partial charge in [0.1, 0.15) is 11.3 Å². The predicted molar refractivity (Wildman–Crippen MR) is 87.3 cm³/mol. The van der Waals surface area contributed by atoms with E-state index in [9.17, 15) is 4.79 Å². The number of hydrogen-bond acceptors (Lipinski definition) is 3. The zero-order valence-electron chi connectivity index (χ0n) is 11.9. The Balaban J connectivity index is 2.34. The van der Waals surface area contributed by atoms with Crippen molar-refractivity contribution in [3.05, 3.63) is 58.6 Å². The topological polar surface area (TPSA) is 64.3 Å². The molecule has 0 spiro atoms. The average molecular weight is 349 g/mol. The first-order valence-electron chi connectivity index (χ1n) is 6.44. The van der Waals surface area contributed by atoms with E-state index in [1.54, 1.807) is 26.2 Å². The minimum Gasteiger partial charge on any atom is -0.497 e. The van der Waals surface area contributed by atoms with Crippen LogP contribution in [0.15, 0.2) is 53.0 Å². The summed E-state index contributed by atoms with van der Waals surface area (Å²) in [5.74, 6) is 0.282. The smallest absolute Gasteiger partial charge is 0.247 e. The highest BCUT2D eigenvalue weighted by molar-refractivity contribution is 9.10. The molecule has 0 radical (unpaired) electrons. The van der Waals surface area contributed by atoms with Crippen molar-refractivity contribution in [3.63, 3.8) is 0 Å². The Hall–Kier alpha value is -2.01. The lowest BCUT2D eigenvalue weighted by Gasteiger charge is -2.29. The van der Waals surface area contributed by atoms with Crippen LogP contribution < -0.4 is 15.8 Å². The number of nitrogens with one attached hydrogen (secondary N) is 1. The van der Waals surface area contributed by atoms with Crippen molar-refractivity contribution in [1.29, 1.82) is 0 Å². The van der Waals surface area contributed by atoms with Gasteiger partial charge in [0.25, 0.3) is 0 Å². The molecule has 0 aliphatic carbocycles. The summed E-state index contributed by atoms with van der Waals surface area (Å²) >= 11 is 3.38. The summed E-state index contributed by atoms with van der Waals surface area (Å²) in [5.41, 5.74) is 6.20. The first-order chi connectivity index (χ1) is 9.95. The Labute approximate surface area is 132 Å². The number of carbonyl (C=O) groups excluding carboxylic acids is 1. The molecule has 5 heteroatoms. The van der Waals surface area contributed by atoms with E-state index in [0.29, 0.717) is 0 Å². The minimum atomic E-state index is -1.000. The summed E-state index contributed by atoms with van der Waals surface area (Å²) in [6.07, 6.45) is 0. The van der Waals surface area contributed by atoms with Crippen molar-refractivity contribution in [2.45, 2.75) is 12.5 Å². The van der Waals surface area contributed by atoms with Crippen molar-refractivity contribution >= 4 is 27.5 Å². The summed E-state index contributed by atoms with van der Waals surface area (Å²) in [4.78, 5) is 12.0. The largest absolute Gasteiger partial charge is 0.497 e. The number of primary amides is 1. The van der Waals surface area contributed by atoms with Crippen LogP contribution in [0, 0.1) is 0 Å². The van der Waals surface area contributed by atoms with Gasteiger partial charge in [0.05, 0.1) is 7.11 Å². The van der Waals surface area contributed by atoms with Gasteiger partial charge in [0, 0.05) is 10.2 Å². The van der Waals surface area contributed by atoms with Gasteiger partial charge in [-0.1, -0.05) is 28.1 Å². The van der Waals surface area contributed by atoms with Gasteiger partial charge in [0.15, 0.2) is 0 Å². The lowest BCUT2D eigenvalue weighted by molar-refractivity contribution is -0.122. The fourth-order valence-electron chi connectivity index (χ4n) is 2.02. The predicted octanol–water partition coefficient (Wildman–Crippen LogP) is 3.27. The van der Waals surface area contributed by atoms with E-state index in [-0.39, 0.29) is 0 Å². The number of methoxy groups -OCH3 is 1. The van der Waals surface area contributed by atoms with E-state index in [0.717, 1.165) is 21.5 Å². The number of halogens is 1. The number of amides is 1. The van der Waals surface area contributed by atoms with Crippen LogP contribution >= 0.6 is 15.9 Å². The maximum atomic E-state index is 12.0. The number of nitrogens with two attached hydrogens (primary N) is 1. The second-order valence-electron chi connectivity index (χ2n) is 4.85. The molecule has 1 unspecified atom stereocenters. The summed E-state index contributed by atoms with van der Waals surface area (Å²) in [5, 5.41) is 3.20. The van der Waals surface area contributed by atoms with Crippen molar-refractivity contribution in [3.8, 4) is 5.75 Å². The number of anilines is 1. The normalized spacial score (nSPS) is 13.3. The Bertz CT molecular complexity index is 626. The quantitative estimate of drug-likeness (QED) is 0.871. The van der Waals surface area contributed by atoms with Gasteiger partial charge in [-0.05, 0) is 48.9 Å². The van der Waals surface area contributed by atoms with Gasteiger partial charge in [0.2, 0.25) is 5.91 Å². The number of ether oxygens (including phenoxy) is 1. The van der Waals surface area contributed by atoms with Gasteiger partial charge in [-0.25, -0.2) is 0 Å². The molecule has 0 saturated heterocycles. The molecule has 0 fully saturated rings. The fraction of sp³-hybridized carbons (Fsp3) is 0.188. The molecule has 2 aromatic rings. The van der Waals surface area contributed by atoms with Crippen LogP contribution in [-0.4, -0.2) is 13.0 Å². The summed E-state index contributed by atoms with van der Waals surface area (Å²) in [6, 6.07) is 14.8. The molecule has 0 aliphatic rings. The monoisotopic (exact) mass is 348 g/mol. The highest BCUT2D eigenvalue weighted by Gasteiger charge is 2.33. The van der Waals surface area contributed by atoms with Crippen LogP contribution in [0.25, 0.3) is 0 Å². The van der Waals surface area contributed by atoms with Crippen molar-refractivity contribution in [2.75, 3.05) is 12.4 Å². The van der Waals surface area contributed by atoms with Crippen molar-refractivity contribution in [2.24, 2.45) is 5.73 Å². The van der Waals surface area contributed by atoms with Crippen LogP contribution in [0.2, 0.25) is 0 Å². The molecule has 0 aromatic heterocycles. The third-order valence-electron chi connectivity index (χ3n) is 3.40. The summed E-state index contributed by atoms with van der Waals surface area (Å²) in [6.45, 7) is 1.76. The van der Waals surface area contributed by atoms with Gasteiger partial charge in [-0.3, -0.25) is 4.79 Å². The molecule has 1 amide bonds. The van der Waals surface area contributed by atoms with E-state index in [1.165, 1.54) is 0 Å². The molecule has 0 saturated carbocycles. The number of rotatable bonds is 5. The SMILES string of the molecule is COc1ccc(C(C)(Nc2ccc(Br)cc2)C(N)=O)cc1. The number of benzene rings is 2. The number of hydrogen-bond donors (Lipinski definition) is 2. The Morgan fingerprint density at radius 1 is 1.14 bits per heavy atom. The zero-order valence-corrected chi connectivity index (χ0v) is 13.5. The van der Waals surface area contributed by atoms with Crippen LogP contribution in [0.1, 0.15) is 12.5 Å². The second kappa shape index (κ2) is 6.18. The van der Waals surface area contributed by atoms with Crippen LogP contribution in [0.3, 0.4) is 0 Å². The lowest BCUT2D eigenvalue weighted by atomic mass is 9.90. The maximum absolute atomic E-state index is 12.0. The summed E-state index contributed by atoms with van der Waals surface area (Å²) < 4.78 is 6.10. The number of carbonyl (C=O) groups is 1. The molecule has 4 nitrogen and oxygen atoms in total. The third kappa shape index (κ3) is 3.36. The van der Waals surface area contributed by atoms with Gasteiger partial charge in [-0.2, -0.15) is 0 Å². The first kappa shape index (κ1) is 15.4. The fourth-order valence-corrected chi connectivity index (χ4v) is 2.29. The van der Waals surface area contributed by atoms with Crippen LogP contribution in [-0.2, 0) is 10.3 Å². The molecule has 0 bridgehead atoms. The highest BCUT2D eigenvalue weighted by Crippen LogP contribution is 2.28. The second-order valence-corrected chi connectivity index (χ2v) is 5.77. The maximum Gasteiger partial charge on any atom is 0.247 e. The minimum absolute atomic E-state index is 0.449. The van der Waals surface area contributed by atoms with Crippen LogP contribution in [0.4, 0.5) is 5.69 Å². The average Bonchev–Trinajstić information content (AvgIpc) is 2.49. The molecule has 0 aliphatic heterocycles. The summed E-state index contributed by atoms with van der Waals surface area (Å²) in [7, 11) is 1.60. The standard InChI is InChI=1S/C16H17BrN2O2/c1-16(15(18)20,11-3-9-14(21-2)10-4-11)19-13-7-5-12(17)6-8-13/h3-10,19H,1-2H3,(H2,18,20). The Morgan fingerprint density at radius 2 is 1.71 bits per heavy atom. The Kier molecular flexibility index (Phi) is 4.53. The third-order valence-corrected chi connectivity index (χ3v) is 3.93. The van der Waals surface area contributed by atoms with Gasteiger partial charge in [-0.15, -0.1) is 0 Å². The molecule has 2 rings (SSSR count). The Morgan fingerprint density at radius 3 is 2.19 bits per heavy atom. The van der Waals surface area contributed by atoms with Crippen molar-refractivity contribution < 1.29 is 9.53 Å².